The van der Waals surface area contributed by atoms with Crippen molar-refractivity contribution in [1.82, 2.24) is 14.9 Å². The monoisotopic (exact) mass is 219 g/mol. The van der Waals surface area contributed by atoms with E-state index in [0.29, 0.717) is 19.8 Å². The first-order valence-corrected chi connectivity index (χ1v) is 5.34. The van der Waals surface area contributed by atoms with Gasteiger partial charge in [0.05, 0.1) is 24.3 Å². The number of alkyl halides is 1. The Morgan fingerprint density at radius 3 is 3.23 bits per heavy atom. The summed E-state index contributed by atoms with van der Waals surface area (Å²) in [6.45, 7) is 2.04. The lowest BCUT2D eigenvalue weighted by atomic mass is 10.2. The minimum atomic E-state index is 0.0756. The van der Waals surface area contributed by atoms with Gasteiger partial charge < -0.3 is 10.1 Å². The van der Waals surface area contributed by atoms with Gasteiger partial charge >= 0.3 is 0 Å². The third kappa shape index (κ3) is 2.37. The van der Waals surface area contributed by atoms with Crippen molar-refractivity contribution >= 4 is 23.1 Å². The highest BCUT2D eigenvalue weighted by atomic mass is 35.5. The molecule has 1 fully saturated rings. The molecule has 0 spiro atoms. The average molecular weight is 220 g/mol. The lowest BCUT2D eigenvalue weighted by molar-refractivity contribution is 0.190. The summed E-state index contributed by atoms with van der Waals surface area (Å²) < 4.78 is 8.99. The number of nitrogens with zero attached hydrogens (tertiary/aromatic N) is 2. The standard InChI is InChI=1S/C7H10ClN3OS/c8-6-2-12-3-7(6)9-1-5-4-13-11-10-5/h4,6-7,9H,1-3H2. The maximum atomic E-state index is 6.00. The molecule has 0 amide bonds. The third-order valence-corrected chi connectivity index (χ3v) is 2.95. The molecule has 2 atom stereocenters. The Hall–Kier alpha value is -0.230. The normalized spacial score (nSPS) is 28.1. The molecule has 2 unspecified atom stereocenters. The summed E-state index contributed by atoms with van der Waals surface area (Å²) in [5.74, 6) is 0. The summed E-state index contributed by atoms with van der Waals surface area (Å²) in [6, 6.07) is 0.239. The molecule has 1 saturated heterocycles. The maximum absolute atomic E-state index is 6.00. The molecule has 72 valence electrons. The average Bonchev–Trinajstić information content (AvgIpc) is 2.72. The fourth-order valence-electron chi connectivity index (χ4n) is 1.21. The van der Waals surface area contributed by atoms with Gasteiger partial charge in [-0.05, 0) is 11.5 Å². The molecule has 1 aromatic rings. The van der Waals surface area contributed by atoms with Gasteiger partial charge in [0.1, 0.15) is 0 Å². The van der Waals surface area contributed by atoms with Crippen LogP contribution in [0.3, 0.4) is 0 Å². The van der Waals surface area contributed by atoms with Gasteiger partial charge in [-0.1, -0.05) is 4.49 Å². The van der Waals surface area contributed by atoms with Gasteiger partial charge in [0.25, 0.3) is 0 Å². The van der Waals surface area contributed by atoms with Gasteiger partial charge in [-0.2, -0.15) is 0 Å². The molecule has 2 rings (SSSR count). The van der Waals surface area contributed by atoms with Crippen LogP contribution in [0.4, 0.5) is 0 Å². The number of nitrogens with one attached hydrogen (secondary N) is 1. The largest absolute Gasteiger partial charge is 0.378 e. The van der Waals surface area contributed by atoms with Crippen LogP contribution in [0.2, 0.25) is 0 Å². The SMILES string of the molecule is ClC1COCC1NCc1csnn1. The zero-order valence-electron chi connectivity index (χ0n) is 6.94. The molecule has 1 aliphatic rings. The van der Waals surface area contributed by atoms with Gasteiger partial charge in [-0.3, -0.25) is 0 Å². The molecular formula is C7H10ClN3OS. The fourth-order valence-corrected chi connectivity index (χ4v) is 1.91. The van der Waals surface area contributed by atoms with E-state index in [-0.39, 0.29) is 11.4 Å². The zero-order chi connectivity index (χ0) is 9.10. The van der Waals surface area contributed by atoms with Crippen molar-refractivity contribution in [2.24, 2.45) is 0 Å². The second kappa shape index (κ2) is 4.32. The van der Waals surface area contributed by atoms with Crippen LogP contribution in [-0.4, -0.2) is 34.2 Å². The van der Waals surface area contributed by atoms with Crippen molar-refractivity contribution in [2.45, 2.75) is 18.0 Å². The molecule has 1 aromatic heterocycles. The topological polar surface area (TPSA) is 47.0 Å². The van der Waals surface area contributed by atoms with E-state index < -0.39 is 0 Å². The van der Waals surface area contributed by atoms with Gasteiger partial charge in [0, 0.05) is 18.0 Å². The van der Waals surface area contributed by atoms with Crippen LogP contribution in [0.25, 0.3) is 0 Å². The van der Waals surface area contributed by atoms with Gasteiger partial charge in [-0.15, -0.1) is 16.7 Å². The Balaban J connectivity index is 1.79. The zero-order valence-corrected chi connectivity index (χ0v) is 8.51. The quantitative estimate of drug-likeness (QED) is 0.758. The Kier molecular flexibility index (Phi) is 3.10. The molecule has 1 aliphatic heterocycles. The van der Waals surface area contributed by atoms with Crippen LogP contribution >= 0.6 is 23.1 Å². The van der Waals surface area contributed by atoms with E-state index in [1.54, 1.807) is 0 Å². The highest BCUT2D eigenvalue weighted by Gasteiger charge is 2.25. The van der Waals surface area contributed by atoms with Crippen LogP contribution in [0.1, 0.15) is 5.69 Å². The van der Waals surface area contributed by atoms with Crippen molar-refractivity contribution < 1.29 is 4.74 Å². The third-order valence-electron chi connectivity index (χ3n) is 1.96. The highest BCUT2D eigenvalue weighted by molar-refractivity contribution is 7.03. The van der Waals surface area contributed by atoms with E-state index in [9.17, 15) is 0 Å². The summed E-state index contributed by atoms with van der Waals surface area (Å²) in [6.07, 6.45) is 0. The molecule has 0 saturated carbocycles. The molecule has 0 aliphatic carbocycles. The Morgan fingerprint density at radius 1 is 1.69 bits per heavy atom. The molecular weight excluding hydrogens is 210 g/mol. The minimum absolute atomic E-state index is 0.0756. The van der Waals surface area contributed by atoms with Gasteiger partial charge in [0.15, 0.2) is 0 Å². The molecule has 1 N–H and O–H groups in total. The second-order valence-electron chi connectivity index (χ2n) is 2.94. The molecule has 2 heterocycles. The summed E-state index contributed by atoms with van der Waals surface area (Å²) in [5.41, 5.74) is 0.959. The van der Waals surface area contributed by atoms with Crippen LogP contribution in [0.15, 0.2) is 5.38 Å². The molecule has 13 heavy (non-hydrogen) atoms. The van der Waals surface area contributed by atoms with E-state index in [1.165, 1.54) is 11.5 Å². The van der Waals surface area contributed by atoms with E-state index >= 15 is 0 Å². The summed E-state index contributed by atoms with van der Waals surface area (Å²) in [4.78, 5) is 0. The van der Waals surface area contributed by atoms with Crippen molar-refractivity contribution in [3.63, 3.8) is 0 Å². The van der Waals surface area contributed by atoms with E-state index in [1.807, 2.05) is 5.38 Å². The summed E-state index contributed by atoms with van der Waals surface area (Å²) in [5, 5.41) is 9.20. The molecule has 0 radical (unpaired) electrons. The van der Waals surface area contributed by atoms with E-state index in [4.69, 9.17) is 16.3 Å². The first-order valence-electron chi connectivity index (χ1n) is 4.07. The van der Waals surface area contributed by atoms with Gasteiger partial charge in [-0.25, -0.2) is 0 Å². The number of halogens is 1. The number of ether oxygens (including phenoxy) is 1. The first-order chi connectivity index (χ1) is 6.36. The van der Waals surface area contributed by atoms with Crippen molar-refractivity contribution in [2.75, 3.05) is 13.2 Å². The lowest BCUT2D eigenvalue weighted by Gasteiger charge is -2.11. The Bertz CT molecular complexity index is 256. The number of aromatic nitrogens is 2. The van der Waals surface area contributed by atoms with Gasteiger partial charge in [0.2, 0.25) is 0 Å². The Morgan fingerprint density at radius 2 is 2.62 bits per heavy atom. The number of hydrogen-bond acceptors (Lipinski definition) is 5. The smallest absolute Gasteiger partial charge is 0.0893 e. The number of rotatable bonds is 3. The van der Waals surface area contributed by atoms with Crippen LogP contribution < -0.4 is 5.32 Å². The maximum Gasteiger partial charge on any atom is 0.0893 e. The molecule has 4 nitrogen and oxygen atoms in total. The van der Waals surface area contributed by atoms with Crippen molar-refractivity contribution in [3.8, 4) is 0 Å². The lowest BCUT2D eigenvalue weighted by Crippen LogP contribution is -2.35. The molecule has 0 bridgehead atoms. The minimum Gasteiger partial charge on any atom is -0.378 e. The Labute approximate surface area is 85.4 Å². The van der Waals surface area contributed by atoms with E-state index in [0.717, 1.165) is 5.69 Å². The highest BCUT2D eigenvalue weighted by Crippen LogP contribution is 2.12. The summed E-state index contributed by atoms with van der Waals surface area (Å²) in [7, 11) is 0. The summed E-state index contributed by atoms with van der Waals surface area (Å²) >= 11 is 7.35. The van der Waals surface area contributed by atoms with Crippen LogP contribution in [-0.2, 0) is 11.3 Å². The van der Waals surface area contributed by atoms with E-state index in [2.05, 4.69) is 14.9 Å². The fraction of sp³-hybridized carbons (Fsp3) is 0.714. The predicted octanol–water partition coefficient (Wildman–Crippen LogP) is 0.634. The van der Waals surface area contributed by atoms with Crippen molar-refractivity contribution in [3.05, 3.63) is 11.1 Å². The molecule has 0 aromatic carbocycles. The van der Waals surface area contributed by atoms with Crippen LogP contribution in [0.5, 0.6) is 0 Å². The predicted molar refractivity (Wildman–Crippen MR) is 51.0 cm³/mol. The first kappa shape index (κ1) is 9.33. The van der Waals surface area contributed by atoms with Crippen molar-refractivity contribution in [1.29, 1.82) is 0 Å². The second-order valence-corrected chi connectivity index (χ2v) is 4.11. The number of hydrogen-bond donors (Lipinski definition) is 1. The molecule has 6 heteroatoms. The van der Waals surface area contributed by atoms with Crippen LogP contribution in [0, 0.1) is 0 Å².